The predicted molar refractivity (Wildman–Crippen MR) is 76.3 cm³/mol. The van der Waals surface area contributed by atoms with Crippen molar-refractivity contribution in [2.24, 2.45) is 5.92 Å². The molecule has 3 aliphatic rings. The Hall–Kier alpha value is -1.84. The highest BCUT2D eigenvalue weighted by atomic mass is 15.1. The van der Waals surface area contributed by atoms with Crippen molar-refractivity contribution in [2.75, 3.05) is 13.1 Å². The fourth-order valence-electron chi connectivity index (χ4n) is 3.73. The molecule has 102 valence electrons. The van der Waals surface area contributed by atoms with E-state index < -0.39 is 0 Å². The van der Waals surface area contributed by atoms with E-state index in [0.717, 1.165) is 18.4 Å². The average molecular weight is 266 g/mol. The first-order valence-electron chi connectivity index (χ1n) is 7.62. The van der Waals surface area contributed by atoms with Crippen LogP contribution in [0.3, 0.4) is 0 Å². The molecule has 3 nitrogen and oxygen atoms in total. The van der Waals surface area contributed by atoms with Gasteiger partial charge in [0.2, 0.25) is 0 Å². The third kappa shape index (κ3) is 2.42. The standard InChI is InChI=1S/C17H19N3/c18-11-16(12-19)14-4-3-13-5-6-17(10-15(13)9-14)20-7-1-2-8-20/h9-10,13H,1-8H2/p+1/t13-/m1/s1. The van der Waals surface area contributed by atoms with Gasteiger partial charge >= 0.3 is 0 Å². The van der Waals surface area contributed by atoms with Gasteiger partial charge in [0.05, 0.1) is 13.1 Å². The van der Waals surface area contributed by atoms with Crippen molar-refractivity contribution in [3.63, 3.8) is 0 Å². The molecule has 0 aromatic rings. The van der Waals surface area contributed by atoms with Crippen LogP contribution in [0.2, 0.25) is 0 Å². The largest absolute Gasteiger partial charge is 0.306 e. The zero-order valence-corrected chi connectivity index (χ0v) is 11.8. The summed E-state index contributed by atoms with van der Waals surface area (Å²) in [4.78, 5) is 1.65. The summed E-state index contributed by atoms with van der Waals surface area (Å²) in [5.41, 5.74) is 4.14. The topological polar surface area (TPSA) is 52.0 Å². The van der Waals surface area contributed by atoms with E-state index in [-0.39, 0.29) is 0 Å². The minimum atomic E-state index is 0.296. The molecule has 0 spiro atoms. The van der Waals surface area contributed by atoms with E-state index in [9.17, 15) is 0 Å². The maximum atomic E-state index is 9.02. The molecule has 20 heavy (non-hydrogen) atoms. The van der Waals surface area contributed by atoms with Crippen LogP contribution in [0, 0.1) is 28.6 Å². The van der Waals surface area contributed by atoms with Gasteiger partial charge in [-0.25, -0.2) is 0 Å². The SMILES string of the molecule is N#CC(C#N)=C1C=C2C=C([NH+]3CCCC3)CC[C@H]2CC1. The summed E-state index contributed by atoms with van der Waals surface area (Å²) in [6.07, 6.45) is 11.6. The van der Waals surface area contributed by atoms with Gasteiger partial charge in [0, 0.05) is 19.3 Å². The monoisotopic (exact) mass is 266 g/mol. The first kappa shape index (κ1) is 13.2. The van der Waals surface area contributed by atoms with Gasteiger partial charge < -0.3 is 4.90 Å². The van der Waals surface area contributed by atoms with Crippen LogP contribution >= 0.6 is 0 Å². The minimum absolute atomic E-state index is 0.296. The van der Waals surface area contributed by atoms with Gasteiger partial charge in [-0.05, 0) is 42.4 Å². The van der Waals surface area contributed by atoms with E-state index >= 15 is 0 Å². The number of rotatable bonds is 1. The maximum Gasteiger partial charge on any atom is 0.132 e. The number of quaternary nitrogens is 1. The molecule has 1 heterocycles. The number of nitriles is 2. The lowest BCUT2D eigenvalue weighted by Gasteiger charge is -2.30. The Kier molecular flexibility index (Phi) is 3.72. The molecule has 1 N–H and O–H groups in total. The molecule has 1 atom stereocenters. The molecule has 0 saturated carbocycles. The van der Waals surface area contributed by atoms with E-state index in [1.165, 1.54) is 44.3 Å². The number of fused-ring (bicyclic) bond motifs is 1. The lowest BCUT2D eigenvalue weighted by Crippen LogP contribution is -3.08. The van der Waals surface area contributed by atoms with Crippen LogP contribution in [0.1, 0.15) is 38.5 Å². The van der Waals surface area contributed by atoms with Gasteiger partial charge in [-0.3, -0.25) is 0 Å². The molecular weight excluding hydrogens is 246 g/mol. The molecule has 3 heteroatoms. The third-order valence-electron chi connectivity index (χ3n) is 4.88. The molecular formula is C17H20N3+. The molecule has 0 radical (unpaired) electrons. The van der Waals surface area contributed by atoms with Crippen LogP contribution in [-0.2, 0) is 0 Å². The summed E-state index contributed by atoms with van der Waals surface area (Å²) >= 11 is 0. The molecule has 1 aliphatic heterocycles. The second kappa shape index (κ2) is 5.65. The van der Waals surface area contributed by atoms with Crippen molar-refractivity contribution < 1.29 is 4.90 Å². The van der Waals surface area contributed by atoms with Gasteiger partial charge in [-0.15, -0.1) is 0 Å². The second-order valence-electron chi connectivity index (χ2n) is 6.02. The van der Waals surface area contributed by atoms with E-state index in [1.54, 1.807) is 10.6 Å². The van der Waals surface area contributed by atoms with Gasteiger partial charge in [0.15, 0.2) is 0 Å². The van der Waals surface area contributed by atoms with E-state index in [1.807, 2.05) is 12.1 Å². The highest BCUT2D eigenvalue weighted by Gasteiger charge is 2.29. The van der Waals surface area contributed by atoms with Crippen LogP contribution < -0.4 is 4.90 Å². The highest BCUT2D eigenvalue weighted by Crippen LogP contribution is 2.37. The molecule has 0 amide bonds. The normalized spacial score (nSPS) is 26.1. The van der Waals surface area contributed by atoms with Crippen molar-refractivity contribution in [2.45, 2.75) is 38.5 Å². The summed E-state index contributed by atoms with van der Waals surface area (Å²) in [7, 11) is 0. The number of hydrogen-bond donors (Lipinski definition) is 1. The zero-order chi connectivity index (χ0) is 13.9. The zero-order valence-electron chi connectivity index (χ0n) is 11.8. The van der Waals surface area contributed by atoms with Crippen molar-refractivity contribution in [3.05, 3.63) is 34.6 Å². The third-order valence-corrected chi connectivity index (χ3v) is 4.88. The molecule has 0 aromatic carbocycles. The first-order valence-corrected chi connectivity index (χ1v) is 7.62. The van der Waals surface area contributed by atoms with Crippen LogP contribution in [0.5, 0.6) is 0 Å². The molecule has 3 rings (SSSR count). The van der Waals surface area contributed by atoms with Gasteiger partial charge in [0.1, 0.15) is 23.4 Å². The molecule has 2 aliphatic carbocycles. The van der Waals surface area contributed by atoms with Crippen LogP contribution in [0.4, 0.5) is 0 Å². The number of nitrogens with zero attached hydrogens (tertiary/aromatic N) is 2. The van der Waals surface area contributed by atoms with Crippen LogP contribution in [0.15, 0.2) is 34.6 Å². The van der Waals surface area contributed by atoms with E-state index in [4.69, 9.17) is 10.5 Å². The second-order valence-corrected chi connectivity index (χ2v) is 6.02. The molecule has 1 fully saturated rings. The molecule has 1 saturated heterocycles. The van der Waals surface area contributed by atoms with Crippen molar-refractivity contribution >= 4 is 0 Å². The summed E-state index contributed by atoms with van der Waals surface area (Å²) in [5.74, 6) is 0.642. The lowest BCUT2D eigenvalue weighted by molar-refractivity contribution is -0.849. The molecule has 0 bridgehead atoms. The lowest BCUT2D eigenvalue weighted by atomic mass is 9.78. The molecule has 0 aromatic heterocycles. The average Bonchev–Trinajstić information content (AvgIpc) is 3.02. The Balaban J connectivity index is 1.91. The smallest absolute Gasteiger partial charge is 0.132 e. The van der Waals surface area contributed by atoms with Crippen LogP contribution in [0.25, 0.3) is 0 Å². The van der Waals surface area contributed by atoms with Crippen molar-refractivity contribution in [1.29, 1.82) is 10.5 Å². The number of nitrogens with one attached hydrogen (secondary N) is 1. The van der Waals surface area contributed by atoms with Crippen molar-refractivity contribution in [1.82, 2.24) is 0 Å². The number of allylic oxidation sites excluding steroid dienone is 6. The maximum absolute atomic E-state index is 9.02. The fourth-order valence-corrected chi connectivity index (χ4v) is 3.73. The summed E-state index contributed by atoms with van der Waals surface area (Å²) in [6.45, 7) is 2.54. The van der Waals surface area contributed by atoms with Gasteiger partial charge in [-0.1, -0.05) is 6.08 Å². The summed E-state index contributed by atoms with van der Waals surface area (Å²) in [6, 6.07) is 4.06. The predicted octanol–water partition coefficient (Wildman–Crippen LogP) is 2.02. The fraction of sp³-hybridized carbons (Fsp3) is 0.529. The van der Waals surface area contributed by atoms with Gasteiger partial charge in [-0.2, -0.15) is 10.5 Å². The number of likely N-dealkylation sites (tertiary alicyclic amines) is 1. The molecule has 0 unspecified atom stereocenters. The van der Waals surface area contributed by atoms with Crippen LogP contribution in [-0.4, -0.2) is 13.1 Å². The van der Waals surface area contributed by atoms with Crippen molar-refractivity contribution in [3.8, 4) is 12.1 Å². The Bertz CT molecular complexity index is 558. The summed E-state index contributed by atoms with van der Waals surface area (Å²) < 4.78 is 0. The number of hydrogen-bond acceptors (Lipinski definition) is 2. The van der Waals surface area contributed by atoms with Gasteiger partial charge in [0.25, 0.3) is 0 Å². The highest BCUT2D eigenvalue weighted by molar-refractivity contribution is 5.49. The summed E-state index contributed by atoms with van der Waals surface area (Å²) in [5, 5.41) is 18.0. The first-order chi connectivity index (χ1) is 9.81. The minimum Gasteiger partial charge on any atom is -0.306 e. The quantitative estimate of drug-likeness (QED) is 0.738. The van der Waals surface area contributed by atoms with E-state index in [2.05, 4.69) is 12.2 Å². The van der Waals surface area contributed by atoms with E-state index in [0.29, 0.717) is 11.5 Å². The Morgan fingerprint density at radius 1 is 1.05 bits per heavy atom. The Morgan fingerprint density at radius 2 is 1.75 bits per heavy atom. The Labute approximate surface area is 120 Å². The Morgan fingerprint density at radius 3 is 2.45 bits per heavy atom.